The minimum absolute atomic E-state index is 0.00519. The van der Waals surface area contributed by atoms with Crippen molar-refractivity contribution in [3.8, 4) is 11.4 Å². The van der Waals surface area contributed by atoms with Crippen LogP contribution in [0.5, 0.6) is 5.75 Å². The standard InChI is InChI=1S/C22H18ClN5O4S/c23-16-9-4-5-10-17(16)32-13-19-24-27-22(28(19)15-7-2-1-3-8-15)33-14-20(29)25-26-21(30)18-11-6-12-31-18/h1-12H,13-14H2,(H,25,29)(H,26,30). The maximum atomic E-state index is 12.2. The number of hydrazine groups is 1. The van der Waals surface area contributed by atoms with Gasteiger partial charge in [-0.3, -0.25) is 25.0 Å². The number of hydrogen-bond donors (Lipinski definition) is 2. The summed E-state index contributed by atoms with van der Waals surface area (Å²) in [6.45, 7) is 0.123. The number of thioether (sulfide) groups is 1. The number of benzene rings is 2. The molecule has 4 rings (SSSR count). The van der Waals surface area contributed by atoms with Crippen molar-refractivity contribution < 1.29 is 18.7 Å². The van der Waals surface area contributed by atoms with Gasteiger partial charge in [0.2, 0.25) is 5.91 Å². The molecule has 0 atom stereocenters. The average molecular weight is 484 g/mol. The lowest BCUT2D eigenvalue weighted by Crippen LogP contribution is -2.42. The van der Waals surface area contributed by atoms with E-state index in [1.165, 1.54) is 24.1 Å². The molecule has 33 heavy (non-hydrogen) atoms. The van der Waals surface area contributed by atoms with Crippen LogP contribution in [0, 0.1) is 0 Å². The van der Waals surface area contributed by atoms with Crippen molar-refractivity contribution in [1.82, 2.24) is 25.6 Å². The molecule has 2 aromatic carbocycles. The quantitative estimate of drug-likeness (QED) is 0.290. The Hall–Kier alpha value is -3.76. The molecule has 11 heteroatoms. The second kappa shape index (κ2) is 10.7. The number of rotatable bonds is 8. The molecule has 0 spiro atoms. The van der Waals surface area contributed by atoms with Gasteiger partial charge in [-0.2, -0.15) is 0 Å². The predicted molar refractivity (Wildman–Crippen MR) is 122 cm³/mol. The van der Waals surface area contributed by atoms with Crippen LogP contribution in [0.4, 0.5) is 0 Å². The van der Waals surface area contributed by atoms with E-state index >= 15 is 0 Å². The molecule has 0 aliphatic heterocycles. The zero-order valence-electron chi connectivity index (χ0n) is 17.1. The molecule has 0 fully saturated rings. The molecule has 0 aliphatic rings. The first-order valence-electron chi connectivity index (χ1n) is 9.74. The second-order valence-corrected chi connectivity index (χ2v) is 7.91. The van der Waals surface area contributed by atoms with Crippen molar-refractivity contribution in [2.45, 2.75) is 11.8 Å². The molecular formula is C22H18ClN5O4S. The summed E-state index contributed by atoms with van der Waals surface area (Å²) in [6.07, 6.45) is 1.37. The summed E-state index contributed by atoms with van der Waals surface area (Å²) in [5, 5.41) is 9.43. The van der Waals surface area contributed by atoms with E-state index in [4.69, 9.17) is 20.8 Å². The van der Waals surface area contributed by atoms with Crippen LogP contribution in [0.3, 0.4) is 0 Å². The van der Waals surface area contributed by atoms with Gasteiger partial charge in [-0.25, -0.2) is 0 Å². The van der Waals surface area contributed by atoms with Crippen molar-refractivity contribution in [2.24, 2.45) is 0 Å². The third-order valence-electron chi connectivity index (χ3n) is 4.30. The van der Waals surface area contributed by atoms with Crippen LogP contribution in [0.1, 0.15) is 16.4 Å². The first-order valence-corrected chi connectivity index (χ1v) is 11.1. The zero-order valence-corrected chi connectivity index (χ0v) is 18.7. The van der Waals surface area contributed by atoms with Crippen LogP contribution in [0.15, 0.2) is 82.6 Å². The summed E-state index contributed by atoms with van der Waals surface area (Å²) < 4.78 is 12.6. The van der Waals surface area contributed by atoms with Crippen LogP contribution >= 0.6 is 23.4 Å². The van der Waals surface area contributed by atoms with Gasteiger partial charge >= 0.3 is 5.91 Å². The molecule has 4 aromatic rings. The highest BCUT2D eigenvalue weighted by Gasteiger charge is 2.17. The van der Waals surface area contributed by atoms with E-state index in [0.717, 1.165) is 5.69 Å². The molecule has 0 radical (unpaired) electrons. The van der Waals surface area contributed by atoms with E-state index in [-0.39, 0.29) is 18.1 Å². The Labute approximate surface area is 198 Å². The number of carbonyl (C=O) groups excluding carboxylic acids is 2. The average Bonchev–Trinajstić information content (AvgIpc) is 3.51. The van der Waals surface area contributed by atoms with Crippen LogP contribution in [0.2, 0.25) is 5.02 Å². The largest absolute Gasteiger partial charge is 0.484 e. The van der Waals surface area contributed by atoms with Crippen molar-refractivity contribution in [3.05, 3.63) is 89.6 Å². The first-order chi connectivity index (χ1) is 16.1. The van der Waals surface area contributed by atoms with Crippen molar-refractivity contribution in [2.75, 3.05) is 5.75 Å². The lowest BCUT2D eigenvalue weighted by molar-refractivity contribution is -0.119. The fraction of sp³-hybridized carbons (Fsp3) is 0.0909. The summed E-state index contributed by atoms with van der Waals surface area (Å²) in [7, 11) is 0. The Morgan fingerprint density at radius 3 is 2.55 bits per heavy atom. The maximum Gasteiger partial charge on any atom is 0.305 e. The number of hydrogen-bond acceptors (Lipinski definition) is 7. The molecule has 0 unspecified atom stereocenters. The predicted octanol–water partition coefficient (Wildman–Crippen LogP) is 3.65. The maximum absolute atomic E-state index is 12.2. The summed E-state index contributed by atoms with van der Waals surface area (Å²) in [5.41, 5.74) is 5.45. The molecule has 0 saturated heterocycles. The highest BCUT2D eigenvalue weighted by Crippen LogP contribution is 2.26. The highest BCUT2D eigenvalue weighted by atomic mass is 35.5. The normalized spacial score (nSPS) is 10.6. The molecular weight excluding hydrogens is 466 g/mol. The number of halogens is 1. The van der Waals surface area contributed by atoms with Gasteiger partial charge in [0.05, 0.1) is 17.0 Å². The number of aromatic nitrogens is 3. The third-order valence-corrected chi connectivity index (χ3v) is 5.54. The number of furan rings is 1. The van der Waals surface area contributed by atoms with E-state index in [1.54, 1.807) is 22.8 Å². The van der Waals surface area contributed by atoms with E-state index < -0.39 is 11.8 Å². The molecule has 2 N–H and O–H groups in total. The Bertz CT molecular complexity index is 1230. The number of carbonyl (C=O) groups is 2. The van der Waals surface area contributed by atoms with Gasteiger partial charge in [-0.05, 0) is 36.4 Å². The minimum atomic E-state index is -0.551. The van der Waals surface area contributed by atoms with Crippen LogP contribution in [0.25, 0.3) is 5.69 Å². The fourth-order valence-corrected chi connectivity index (χ4v) is 3.75. The lowest BCUT2D eigenvalue weighted by Gasteiger charge is -2.12. The zero-order chi connectivity index (χ0) is 23.0. The first kappa shape index (κ1) is 22.4. The van der Waals surface area contributed by atoms with E-state index in [2.05, 4.69) is 21.0 Å². The Morgan fingerprint density at radius 1 is 1.00 bits per heavy atom. The van der Waals surface area contributed by atoms with Crippen molar-refractivity contribution in [3.63, 3.8) is 0 Å². The SMILES string of the molecule is O=C(CSc1nnc(COc2ccccc2Cl)n1-c1ccccc1)NNC(=O)c1ccco1. The van der Waals surface area contributed by atoms with Gasteiger partial charge in [-0.1, -0.05) is 53.7 Å². The summed E-state index contributed by atoms with van der Waals surface area (Å²) in [6, 6.07) is 19.7. The minimum Gasteiger partial charge on any atom is -0.484 e. The van der Waals surface area contributed by atoms with E-state index in [0.29, 0.717) is 21.8 Å². The van der Waals surface area contributed by atoms with Gasteiger partial charge in [-0.15, -0.1) is 10.2 Å². The summed E-state index contributed by atoms with van der Waals surface area (Å²) in [4.78, 5) is 24.1. The summed E-state index contributed by atoms with van der Waals surface area (Å²) in [5.74, 6) is 0.184. The van der Waals surface area contributed by atoms with Crippen LogP contribution < -0.4 is 15.6 Å². The highest BCUT2D eigenvalue weighted by molar-refractivity contribution is 7.99. The lowest BCUT2D eigenvalue weighted by atomic mass is 10.3. The van der Waals surface area contributed by atoms with Gasteiger partial charge in [0.25, 0.3) is 0 Å². The van der Waals surface area contributed by atoms with Gasteiger partial charge in [0.1, 0.15) is 12.4 Å². The molecule has 168 valence electrons. The number of ether oxygens (including phenoxy) is 1. The molecule has 2 aromatic heterocycles. The second-order valence-electron chi connectivity index (χ2n) is 6.56. The van der Waals surface area contributed by atoms with Crippen LogP contribution in [-0.4, -0.2) is 32.3 Å². The smallest absolute Gasteiger partial charge is 0.305 e. The van der Waals surface area contributed by atoms with Crippen molar-refractivity contribution in [1.29, 1.82) is 0 Å². The van der Waals surface area contributed by atoms with Crippen LogP contribution in [-0.2, 0) is 11.4 Å². The topological polar surface area (TPSA) is 111 Å². The molecule has 9 nitrogen and oxygen atoms in total. The monoisotopic (exact) mass is 483 g/mol. The molecule has 0 saturated carbocycles. The Morgan fingerprint density at radius 2 is 1.79 bits per heavy atom. The Kier molecular flexibility index (Phi) is 7.28. The van der Waals surface area contributed by atoms with Gasteiger partial charge in [0, 0.05) is 5.69 Å². The third kappa shape index (κ3) is 5.73. The number of para-hydroxylation sites is 2. The van der Waals surface area contributed by atoms with E-state index in [1.807, 2.05) is 42.5 Å². The van der Waals surface area contributed by atoms with E-state index in [9.17, 15) is 9.59 Å². The Balaban J connectivity index is 1.43. The van der Waals surface area contributed by atoms with Crippen molar-refractivity contribution >= 4 is 35.2 Å². The number of amides is 2. The van der Waals surface area contributed by atoms with Gasteiger partial charge < -0.3 is 9.15 Å². The number of nitrogens with one attached hydrogen (secondary N) is 2. The molecule has 2 amide bonds. The number of nitrogens with zero attached hydrogens (tertiary/aromatic N) is 3. The van der Waals surface area contributed by atoms with Gasteiger partial charge in [0.15, 0.2) is 16.7 Å². The fourth-order valence-electron chi connectivity index (χ4n) is 2.79. The summed E-state index contributed by atoms with van der Waals surface area (Å²) >= 11 is 7.34. The molecule has 2 heterocycles. The molecule has 0 bridgehead atoms. The molecule has 0 aliphatic carbocycles.